The first-order valence-corrected chi connectivity index (χ1v) is 11.7. The van der Waals surface area contributed by atoms with Gasteiger partial charge in [0, 0.05) is 30.5 Å². The number of methoxy groups -OCH3 is 1. The molecule has 0 spiro atoms. The van der Waals surface area contributed by atoms with Crippen LogP contribution in [0.2, 0.25) is 0 Å². The second-order valence-electron chi connectivity index (χ2n) is 9.72. The Morgan fingerprint density at radius 3 is 2.11 bits per heavy atom. The van der Waals surface area contributed by atoms with Crippen molar-refractivity contribution in [2.75, 3.05) is 33.4 Å². The van der Waals surface area contributed by atoms with Crippen LogP contribution in [0.4, 0.5) is 0 Å². The molecule has 9 heteroatoms. The fraction of sp³-hybridized carbons (Fsp3) is 0.500. The first-order chi connectivity index (χ1) is 16.3. The van der Waals surface area contributed by atoms with Gasteiger partial charge in [0.05, 0.1) is 7.11 Å². The predicted octanol–water partition coefficient (Wildman–Crippen LogP) is 4.76. The van der Waals surface area contributed by atoms with Gasteiger partial charge < -0.3 is 30.5 Å². The van der Waals surface area contributed by atoms with Crippen LogP contribution in [-0.4, -0.2) is 60.0 Å². The van der Waals surface area contributed by atoms with E-state index in [0.29, 0.717) is 30.9 Å². The summed E-state index contributed by atoms with van der Waals surface area (Å²) in [5.74, 6) is 0.489. The molecule has 0 heterocycles. The number of aliphatic imine (C=N–C) groups is 1. The summed E-state index contributed by atoms with van der Waals surface area (Å²) in [7, 11) is 1.50. The molecule has 35 heavy (non-hydrogen) atoms. The zero-order valence-electron chi connectivity index (χ0n) is 21.7. The summed E-state index contributed by atoms with van der Waals surface area (Å²) < 4.78 is 13.2. The van der Waals surface area contributed by atoms with E-state index in [1.807, 2.05) is 26.8 Å². The van der Waals surface area contributed by atoms with Crippen molar-refractivity contribution >= 4 is 6.21 Å². The van der Waals surface area contributed by atoms with Gasteiger partial charge in [0.1, 0.15) is 0 Å². The van der Waals surface area contributed by atoms with Gasteiger partial charge in [-0.15, -0.1) is 13.1 Å². The molecule has 2 aromatic carbocycles. The molecule has 0 saturated heterocycles. The molecule has 0 radical (unpaired) electrons. The van der Waals surface area contributed by atoms with Gasteiger partial charge in [-0.1, -0.05) is 53.7 Å². The molecule has 8 nitrogen and oxygen atoms in total. The Morgan fingerprint density at radius 2 is 1.60 bits per heavy atom. The number of benzene rings is 2. The van der Waals surface area contributed by atoms with Crippen LogP contribution in [0.15, 0.2) is 35.3 Å². The van der Waals surface area contributed by atoms with Gasteiger partial charge in [0.2, 0.25) is 0 Å². The summed E-state index contributed by atoms with van der Waals surface area (Å²) in [5.41, 5.74) is 2.23. The van der Waals surface area contributed by atoms with Crippen LogP contribution in [0.5, 0.6) is 23.0 Å². The Balaban J connectivity index is 0.000000618. The van der Waals surface area contributed by atoms with Gasteiger partial charge in [-0.2, -0.15) is 0 Å². The zero-order valence-corrected chi connectivity index (χ0v) is 23.1. The summed E-state index contributed by atoms with van der Waals surface area (Å²) >= 11 is 1.06. The molecule has 0 aliphatic carbocycles. The number of aromatic hydroxyl groups is 3. The number of para-hydroxylation sites is 1. The molecule has 0 bridgehead atoms. The fourth-order valence-corrected chi connectivity index (χ4v) is 2.91. The topological polar surface area (TPSA) is 134 Å². The van der Waals surface area contributed by atoms with Gasteiger partial charge >= 0.3 is 21.0 Å². The average molecular weight is 527 g/mol. The van der Waals surface area contributed by atoms with Crippen molar-refractivity contribution in [2.45, 2.75) is 52.4 Å². The predicted molar refractivity (Wildman–Crippen MR) is 135 cm³/mol. The quantitative estimate of drug-likeness (QED) is 0.234. The second-order valence-corrected chi connectivity index (χ2v) is 9.72. The Kier molecular flexibility index (Phi) is 14.5. The number of phenols is 3. The van der Waals surface area contributed by atoms with E-state index in [0.717, 1.165) is 28.5 Å². The Bertz CT molecular complexity index is 937. The van der Waals surface area contributed by atoms with Gasteiger partial charge in [-0.25, -0.2) is 0 Å². The first-order valence-electron chi connectivity index (χ1n) is 11.2. The Labute approximate surface area is 218 Å². The summed E-state index contributed by atoms with van der Waals surface area (Å²) in [6.07, 6.45) is 1.59. The van der Waals surface area contributed by atoms with Crippen molar-refractivity contribution in [1.29, 1.82) is 0 Å². The van der Waals surface area contributed by atoms with Crippen molar-refractivity contribution in [1.82, 2.24) is 0 Å². The van der Waals surface area contributed by atoms with Crippen molar-refractivity contribution in [3.63, 3.8) is 0 Å². The normalized spacial score (nSPS) is 11.3. The Morgan fingerprint density at radius 1 is 0.971 bits per heavy atom. The number of hydrogen-bond acceptors (Lipinski definition) is 7. The number of hydrogen-bond donors (Lipinski definition) is 4. The third-order valence-electron chi connectivity index (χ3n) is 4.89. The Hall–Kier alpha value is -2.39. The monoisotopic (exact) mass is 526 g/mol. The molecular formula is C26H39N2O6V-. The van der Waals surface area contributed by atoms with E-state index in [1.54, 1.807) is 30.5 Å². The average Bonchev–Trinajstić information content (AvgIpc) is 2.79. The molecule has 0 amide bonds. The third-order valence-corrected chi connectivity index (χ3v) is 4.89. The molecule has 0 aliphatic heterocycles. The summed E-state index contributed by atoms with van der Waals surface area (Å²) in [6.45, 7) is 14.0. The van der Waals surface area contributed by atoms with Crippen molar-refractivity contribution in [2.24, 2.45) is 4.99 Å². The van der Waals surface area contributed by atoms with E-state index in [2.05, 4.69) is 31.1 Å². The maximum absolute atomic E-state index is 9.87. The maximum atomic E-state index is 9.87. The summed E-state index contributed by atoms with van der Waals surface area (Å²) in [5, 5.41) is 41.9. The first kappa shape index (κ1) is 32.6. The fourth-order valence-electron chi connectivity index (χ4n) is 2.91. The molecule has 0 aromatic heterocycles. The van der Waals surface area contributed by atoms with Gasteiger partial charge in [0.15, 0.2) is 23.0 Å². The van der Waals surface area contributed by atoms with E-state index < -0.39 is 0 Å². The van der Waals surface area contributed by atoms with Crippen LogP contribution in [0, 0.1) is 0 Å². The molecule has 0 saturated carbocycles. The van der Waals surface area contributed by atoms with E-state index in [1.165, 1.54) is 7.11 Å². The van der Waals surface area contributed by atoms with E-state index >= 15 is 0 Å². The zero-order chi connectivity index (χ0) is 27.2. The molecule has 0 aliphatic rings. The number of rotatable bonds is 7. The van der Waals surface area contributed by atoms with E-state index in [9.17, 15) is 15.3 Å². The van der Waals surface area contributed by atoms with E-state index in [4.69, 9.17) is 13.5 Å². The van der Waals surface area contributed by atoms with E-state index in [-0.39, 0.29) is 34.7 Å². The molecule has 4 N–H and O–H groups in total. The molecule has 0 fully saturated rings. The van der Waals surface area contributed by atoms with Crippen LogP contribution in [0.25, 0.3) is 5.32 Å². The molecule has 2 aromatic rings. The van der Waals surface area contributed by atoms with Crippen molar-refractivity contribution < 1.29 is 46.2 Å². The summed E-state index contributed by atoms with van der Waals surface area (Å²) in [4.78, 5) is 4.13. The second kappa shape index (κ2) is 15.6. The van der Waals surface area contributed by atoms with Crippen molar-refractivity contribution in [3.05, 3.63) is 52.3 Å². The number of ether oxygens (including phenoxy) is 1. The van der Waals surface area contributed by atoms with Crippen LogP contribution in [-0.2, 0) is 31.9 Å². The minimum absolute atomic E-state index is 0.000463. The molecule has 0 atom stereocenters. The van der Waals surface area contributed by atoms with Crippen LogP contribution < -0.4 is 4.74 Å². The number of nitrogens with zero attached hydrogens (tertiary/aromatic N) is 2. The van der Waals surface area contributed by atoms with Crippen LogP contribution in [0.3, 0.4) is 0 Å². The summed E-state index contributed by atoms with van der Waals surface area (Å²) in [6, 6.07) is 8.85. The number of aliphatic hydroxyl groups excluding tert-OH is 1. The van der Waals surface area contributed by atoms with Crippen LogP contribution >= 0.6 is 0 Å². The van der Waals surface area contributed by atoms with Crippen molar-refractivity contribution in [3.8, 4) is 23.0 Å². The standard InChI is InChI=1S/C14H22O2.C12H17N2O3.O.V/c1-13(2,3)9-7-10(14(4,5)6)12(16)11(15)8-9;1-17-11-4-2-3-10(12(11)16)9-14-6-5-13-7-8-15;;/h7-8,15-16H,1-6H3;2-4,9,15-16H,5-8H2,1H3;;/q;-1;;. The number of aliphatic hydroxyl groups is 1. The molecule has 2 rings (SSSR count). The third kappa shape index (κ3) is 11.3. The van der Waals surface area contributed by atoms with Gasteiger partial charge in [0.25, 0.3) is 0 Å². The SMILES string of the molecule is CC(C)(C)c1cc(O)c(O)c(C(C)(C)C)c1.COc1cccc(C=NCC[N-]CCO)c1O.[O]=[V]. The molecule has 195 valence electrons. The van der Waals surface area contributed by atoms with Gasteiger partial charge in [-0.3, -0.25) is 4.99 Å². The number of phenolic OH excluding ortho intramolecular Hbond substituents is 3. The molecule has 0 unspecified atom stereocenters. The van der Waals surface area contributed by atoms with Crippen LogP contribution in [0.1, 0.15) is 58.2 Å². The minimum atomic E-state index is -0.178. The van der Waals surface area contributed by atoms with Gasteiger partial charge in [-0.05, 0) is 34.6 Å². The molecular weight excluding hydrogens is 487 g/mol.